The van der Waals surface area contributed by atoms with Gasteiger partial charge in [-0.05, 0) is 30.2 Å². The van der Waals surface area contributed by atoms with E-state index in [0.717, 1.165) is 31.9 Å². The van der Waals surface area contributed by atoms with Crippen molar-refractivity contribution in [3.05, 3.63) is 24.3 Å². The molecule has 0 bridgehead atoms. The molecule has 0 saturated carbocycles. The van der Waals surface area contributed by atoms with E-state index >= 15 is 0 Å². The Labute approximate surface area is 128 Å². The third kappa shape index (κ3) is 3.45. The number of alkyl halides is 1. The van der Waals surface area contributed by atoms with Crippen LogP contribution < -0.4 is 4.90 Å². The average molecular weight is 341 g/mol. The van der Waals surface area contributed by atoms with Gasteiger partial charge >= 0.3 is 0 Å². The summed E-state index contributed by atoms with van der Waals surface area (Å²) in [5, 5.41) is 9.31. The number of hydrogen-bond acceptors (Lipinski definition) is 3. The fourth-order valence-corrected chi connectivity index (χ4v) is 2.60. The van der Waals surface area contributed by atoms with Gasteiger partial charge < -0.3 is 14.9 Å². The molecule has 1 N–H and O–H groups in total. The zero-order valence-corrected chi connectivity index (χ0v) is 13.5. The highest BCUT2D eigenvalue weighted by atomic mass is 79.9. The molecule has 0 radical (unpaired) electrons. The van der Waals surface area contributed by atoms with Crippen LogP contribution in [0.3, 0.4) is 0 Å². The number of rotatable bonds is 3. The summed E-state index contributed by atoms with van der Waals surface area (Å²) in [5.41, 5.74) is 1.09. The van der Waals surface area contributed by atoms with E-state index in [1.165, 1.54) is 0 Å². The molecular weight excluding hydrogens is 320 g/mol. The van der Waals surface area contributed by atoms with Gasteiger partial charge in [-0.25, -0.2) is 0 Å². The minimum Gasteiger partial charge on any atom is -0.508 e. The summed E-state index contributed by atoms with van der Waals surface area (Å²) in [6.45, 7) is 7.24. The molecule has 2 rings (SSSR count). The van der Waals surface area contributed by atoms with Crippen LogP contribution in [0.15, 0.2) is 24.3 Å². The van der Waals surface area contributed by atoms with Crippen molar-refractivity contribution in [3.8, 4) is 5.75 Å². The van der Waals surface area contributed by atoms with Crippen molar-refractivity contribution in [3.63, 3.8) is 0 Å². The maximum absolute atomic E-state index is 12.3. The number of carbonyl (C=O) groups is 1. The molecule has 1 aromatic carbocycles. The summed E-state index contributed by atoms with van der Waals surface area (Å²) < 4.78 is 0. The fraction of sp³-hybridized carbons (Fsp3) is 0.533. The monoisotopic (exact) mass is 340 g/mol. The van der Waals surface area contributed by atoms with Crippen molar-refractivity contribution < 1.29 is 9.90 Å². The van der Waals surface area contributed by atoms with Crippen LogP contribution in [0.1, 0.15) is 13.8 Å². The summed E-state index contributed by atoms with van der Waals surface area (Å²) in [7, 11) is 0. The second kappa shape index (κ2) is 6.48. The van der Waals surface area contributed by atoms with E-state index in [0.29, 0.717) is 5.92 Å². The quantitative estimate of drug-likeness (QED) is 0.859. The lowest BCUT2D eigenvalue weighted by Crippen LogP contribution is -2.51. The summed E-state index contributed by atoms with van der Waals surface area (Å²) in [6.07, 6.45) is 0. The number of phenolic OH excluding ortho intramolecular Hbond substituents is 1. The summed E-state index contributed by atoms with van der Waals surface area (Å²) in [5.74, 6) is 0.768. The third-order valence-electron chi connectivity index (χ3n) is 3.63. The first-order valence-electron chi connectivity index (χ1n) is 6.96. The first kappa shape index (κ1) is 15.2. The molecular formula is C15H21BrN2O2. The van der Waals surface area contributed by atoms with Gasteiger partial charge in [-0.2, -0.15) is 0 Å². The molecule has 20 heavy (non-hydrogen) atoms. The molecule has 1 aliphatic heterocycles. The number of halogens is 1. The maximum atomic E-state index is 12.3. The van der Waals surface area contributed by atoms with Gasteiger partial charge in [0.15, 0.2) is 0 Å². The van der Waals surface area contributed by atoms with E-state index in [2.05, 4.69) is 20.8 Å². The van der Waals surface area contributed by atoms with Gasteiger partial charge in [-0.1, -0.05) is 29.8 Å². The van der Waals surface area contributed by atoms with Gasteiger partial charge in [0.1, 0.15) is 5.75 Å². The molecule has 110 valence electrons. The van der Waals surface area contributed by atoms with Gasteiger partial charge in [-0.15, -0.1) is 0 Å². The SMILES string of the molecule is CC(C)C(Br)C(=O)N1CCN(c2ccc(O)cc2)CC1. The van der Waals surface area contributed by atoms with E-state index in [4.69, 9.17) is 0 Å². The van der Waals surface area contributed by atoms with Crippen molar-refractivity contribution in [2.24, 2.45) is 5.92 Å². The summed E-state index contributed by atoms with van der Waals surface area (Å²) >= 11 is 3.48. The van der Waals surface area contributed by atoms with Crippen molar-refractivity contribution in [2.45, 2.75) is 18.7 Å². The van der Waals surface area contributed by atoms with Crippen molar-refractivity contribution in [1.29, 1.82) is 0 Å². The number of benzene rings is 1. The number of piperazine rings is 1. The van der Waals surface area contributed by atoms with E-state index in [1.54, 1.807) is 12.1 Å². The van der Waals surface area contributed by atoms with Crippen molar-refractivity contribution >= 4 is 27.5 Å². The number of hydrogen-bond donors (Lipinski definition) is 1. The Morgan fingerprint density at radius 3 is 2.20 bits per heavy atom. The number of phenols is 1. The molecule has 0 aromatic heterocycles. The highest BCUT2D eigenvalue weighted by molar-refractivity contribution is 9.10. The Hall–Kier alpha value is -1.23. The predicted molar refractivity (Wildman–Crippen MR) is 84.5 cm³/mol. The standard InChI is InChI=1S/C15H21BrN2O2/c1-11(2)14(16)15(20)18-9-7-17(8-10-18)12-3-5-13(19)6-4-12/h3-6,11,14,19H,7-10H2,1-2H3. The number of aromatic hydroxyl groups is 1. The highest BCUT2D eigenvalue weighted by Crippen LogP contribution is 2.21. The van der Waals surface area contributed by atoms with Crippen molar-refractivity contribution in [1.82, 2.24) is 4.90 Å². The first-order valence-corrected chi connectivity index (χ1v) is 7.87. The van der Waals surface area contributed by atoms with E-state index in [9.17, 15) is 9.90 Å². The molecule has 1 unspecified atom stereocenters. The predicted octanol–water partition coefficient (Wildman–Crippen LogP) is 2.46. The minimum atomic E-state index is -0.0947. The smallest absolute Gasteiger partial charge is 0.236 e. The average Bonchev–Trinajstić information content (AvgIpc) is 2.46. The van der Waals surface area contributed by atoms with Crippen LogP contribution in [0.5, 0.6) is 5.75 Å². The molecule has 1 aliphatic rings. The largest absolute Gasteiger partial charge is 0.508 e. The Kier molecular flexibility index (Phi) is 4.91. The zero-order valence-electron chi connectivity index (χ0n) is 11.9. The summed E-state index contributed by atoms with van der Waals surface area (Å²) in [6, 6.07) is 7.21. The lowest BCUT2D eigenvalue weighted by molar-refractivity contribution is -0.131. The lowest BCUT2D eigenvalue weighted by atomic mass is 10.1. The number of carbonyl (C=O) groups excluding carboxylic acids is 1. The van der Waals surface area contributed by atoms with Crippen LogP contribution in [0.25, 0.3) is 0 Å². The second-order valence-corrected chi connectivity index (χ2v) is 6.46. The van der Waals surface area contributed by atoms with Gasteiger partial charge in [0.2, 0.25) is 5.91 Å². The second-order valence-electron chi connectivity index (χ2n) is 5.47. The topological polar surface area (TPSA) is 43.8 Å². The Bertz CT molecular complexity index is 453. The molecule has 0 aliphatic carbocycles. The minimum absolute atomic E-state index is 0.0947. The molecule has 1 amide bonds. The highest BCUT2D eigenvalue weighted by Gasteiger charge is 2.27. The zero-order chi connectivity index (χ0) is 14.7. The van der Waals surface area contributed by atoms with Gasteiger partial charge in [0.05, 0.1) is 4.83 Å². The van der Waals surface area contributed by atoms with Crippen LogP contribution in [0.2, 0.25) is 0 Å². The number of anilines is 1. The molecule has 1 heterocycles. The number of amides is 1. The van der Waals surface area contributed by atoms with Crippen LogP contribution in [-0.4, -0.2) is 46.9 Å². The van der Waals surface area contributed by atoms with Gasteiger partial charge in [-0.3, -0.25) is 4.79 Å². The van der Waals surface area contributed by atoms with E-state index in [-0.39, 0.29) is 16.5 Å². The normalized spacial score (nSPS) is 17.4. The third-order valence-corrected chi connectivity index (χ3v) is 5.08. The number of nitrogens with zero attached hydrogens (tertiary/aromatic N) is 2. The molecule has 1 aromatic rings. The van der Waals surface area contributed by atoms with Crippen LogP contribution in [0, 0.1) is 5.92 Å². The van der Waals surface area contributed by atoms with Gasteiger partial charge in [0.25, 0.3) is 0 Å². The van der Waals surface area contributed by atoms with Crippen molar-refractivity contribution in [2.75, 3.05) is 31.1 Å². The Morgan fingerprint density at radius 1 is 1.15 bits per heavy atom. The van der Waals surface area contributed by atoms with E-state index in [1.807, 2.05) is 30.9 Å². The molecule has 1 atom stereocenters. The molecule has 1 saturated heterocycles. The Morgan fingerprint density at radius 2 is 1.70 bits per heavy atom. The molecule has 4 nitrogen and oxygen atoms in total. The molecule has 1 fully saturated rings. The lowest BCUT2D eigenvalue weighted by Gasteiger charge is -2.37. The Balaban J connectivity index is 1.92. The first-order chi connectivity index (χ1) is 9.49. The maximum Gasteiger partial charge on any atom is 0.236 e. The van der Waals surface area contributed by atoms with Crippen LogP contribution in [0.4, 0.5) is 5.69 Å². The van der Waals surface area contributed by atoms with Crippen LogP contribution in [-0.2, 0) is 4.79 Å². The molecule has 5 heteroatoms. The van der Waals surface area contributed by atoms with Gasteiger partial charge in [0, 0.05) is 31.9 Å². The molecule has 0 spiro atoms. The summed E-state index contributed by atoms with van der Waals surface area (Å²) in [4.78, 5) is 16.3. The van der Waals surface area contributed by atoms with Crippen LogP contribution >= 0.6 is 15.9 Å². The van der Waals surface area contributed by atoms with E-state index < -0.39 is 0 Å². The fourth-order valence-electron chi connectivity index (χ4n) is 2.31.